The van der Waals surface area contributed by atoms with E-state index in [0.29, 0.717) is 29.6 Å². The lowest BCUT2D eigenvalue weighted by atomic mass is 10.1. The van der Waals surface area contributed by atoms with Crippen LogP contribution in [0.15, 0.2) is 46.3 Å². The summed E-state index contributed by atoms with van der Waals surface area (Å²) in [6.45, 7) is 1.93. The van der Waals surface area contributed by atoms with E-state index in [0.717, 1.165) is 10.4 Å². The molecule has 2 heterocycles. The van der Waals surface area contributed by atoms with Crippen LogP contribution in [0, 0.1) is 0 Å². The van der Waals surface area contributed by atoms with Gasteiger partial charge in [0.05, 0.1) is 10.9 Å². The Labute approximate surface area is 148 Å². The number of halogens is 1. The Morgan fingerprint density at radius 2 is 2.12 bits per heavy atom. The van der Waals surface area contributed by atoms with Gasteiger partial charge in [0, 0.05) is 17.9 Å². The van der Waals surface area contributed by atoms with Crippen LogP contribution in [0.2, 0.25) is 5.02 Å². The molecular formula is C17H16ClN3O2S. The number of aromatic nitrogens is 2. The molecule has 3 aromatic rings. The molecule has 1 atom stereocenters. The molecule has 5 nitrogen and oxygen atoms in total. The van der Waals surface area contributed by atoms with Gasteiger partial charge >= 0.3 is 0 Å². The highest BCUT2D eigenvalue weighted by molar-refractivity contribution is 7.13. The van der Waals surface area contributed by atoms with Crippen molar-refractivity contribution in [2.45, 2.75) is 25.8 Å². The van der Waals surface area contributed by atoms with Crippen LogP contribution < -0.4 is 5.32 Å². The van der Waals surface area contributed by atoms with Gasteiger partial charge in [-0.15, -0.1) is 11.3 Å². The number of rotatable bonds is 6. The average molecular weight is 362 g/mol. The first kappa shape index (κ1) is 16.7. The standard InChI is InChI=1S/C17H16ClN3O2S/c1-11(12-4-6-13(18)7-5-12)19-15(22)8-9-16-20-17(21-23-16)14-3-2-10-24-14/h2-7,10-11H,8-9H2,1H3,(H,19,22). The van der Waals surface area contributed by atoms with E-state index in [1.165, 1.54) is 0 Å². The van der Waals surface area contributed by atoms with E-state index in [9.17, 15) is 4.79 Å². The van der Waals surface area contributed by atoms with Crippen molar-refractivity contribution in [2.75, 3.05) is 0 Å². The average Bonchev–Trinajstić information content (AvgIpc) is 3.25. The van der Waals surface area contributed by atoms with Crippen LogP contribution in [0.5, 0.6) is 0 Å². The van der Waals surface area contributed by atoms with Crippen LogP contribution in [0.3, 0.4) is 0 Å². The van der Waals surface area contributed by atoms with Gasteiger partial charge in [-0.2, -0.15) is 4.98 Å². The van der Waals surface area contributed by atoms with E-state index >= 15 is 0 Å². The zero-order valence-electron chi connectivity index (χ0n) is 13.0. The van der Waals surface area contributed by atoms with Gasteiger partial charge in [-0.05, 0) is 36.1 Å². The maximum Gasteiger partial charge on any atom is 0.227 e. The molecule has 1 unspecified atom stereocenters. The maximum absolute atomic E-state index is 12.1. The molecule has 2 aromatic heterocycles. The molecule has 0 aliphatic heterocycles. The minimum absolute atomic E-state index is 0.0617. The van der Waals surface area contributed by atoms with Crippen molar-refractivity contribution < 1.29 is 9.32 Å². The summed E-state index contributed by atoms with van der Waals surface area (Å²) >= 11 is 7.42. The number of thiophene rings is 1. The highest BCUT2D eigenvalue weighted by Crippen LogP contribution is 2.21. The third-order valence-electron chi connectivity index (χ3n) is 3.52. The second-order valence-corrected chi connectivity index (χ2v) is 6.71. The number of hydrogen-bond acceptors (Lipinski definition) is 5. The molecule has 3 rings (SSSR count). The molecule has 7 heteroatoms. The predicted molar refractivity (Wildman–Crippen MR) is 93.9 cm³/mol. The molecule has 0 aliphatic carbocycles. The number of amides is 1. The lowest BCUT2D eigenvalue weighted by Gasteiger charge is -2.14. The number of aryl methyl sites for hydroxylation is 1. The fourth-order valence-electron chi connectivity index (χ4n) is 2.23. The molecule has 0 saturated heterocycles. The molecule has 1 amide bonds. The number of carbonyl (C=O) groups excluding carboxylic acids is 1. The van der Waals surface area contributed by atoms with Crippen molar-refractivity contribution in [2.24, 2.45) is 0 Å². The molecule has 0 saturated carbocycles. The van der Waals surface area contributed by atoms with E-state index in [1.54, 1.807) is 11.3 Å². The van der Waals surface area contributed by atoms with Crippen molar-refractivity contribution in [1.82, 2.24) is 15.5 Å². The Morgan fingerprint density at radius 1 is 1.33 bits per heavy atom. The van der Waals surface area contributed by atoms with Crippen LogP contribution in [-0.2, 0) is 11.2 Å². The molecule has 0 bridgehead atoms. The molecular weight excluding hydrogens is 346 g/mol. The molecule has 24 heavy (non-hydrogen) atoms. The van der Waals surface area contributed by atoms with Gasteiger partial charge in [0.25, 0.3) is 0 Å². The number of carbonyl (C=O) groups is 1. The second kappa shape index (κ2) is 7.59. The number of nitrogens with zero attached hydrogens (tertiary/aromatic N) is 2. The summed E-state index contributed by atoms with van der Waals surface area (Å²) < 4.78 is 5.19. The summed E-state index contributed by atoms with van der Waals surface area (Å²) in [6.07, 6.45) is 0.710. The Hall–Kier alpha value is -2.18. The molecule has 0 spiro atoms. The van der Waals surface area contributed by atoms with Gasteiger partial charge in [0.15, 0.2) is 0 Å². The minimum Gasteiger partial charge on any atom is -0.350 e. The van der Waals surface area contributed by atoms with Gasteiger partial charge in [-0.25, -0.2) is 0 Å². The normalized spacial score (nSPS) is 12.1. The first-order chi connectivity index (χ1) is 11.6. The fraction of sp³-hybridized carbons (Fsp3) is 0.235. The van der Waals surface area contributed by atoms with Crippen LogP contribution >= 0.6 is 22.9 Å². The summed E-state index contributed by atoms with van der Waals surface area (Å²) in [5, 5.41) is 9.52. The highest BCUT2D eigenvalue weighted by atomic mass is 35.5. The maximum atomic E-state index is 12.1. The minimum atomic E-state index is -0.0841. The van der Waals surface area contributed by atoms with Crippen LogP contribution in [0.4, 0.5) is 0 Å². The SMILES string of the molecule is CC(NC(=O)CCc1nc(-c2cccs2)no1)c1ccc(Cl)cc1. The van der Waals surface area contributed by atoms with Gasteiger partial charge in [-0.1, -0.05) is 35.0 Å². The Kier molecular flexibility index (Phi) is 5.27. The molecule has 0 fully saturated rings. The number of benzene rings is 1. The predicted octanol–water partition coefficient (Wildman–Crippen LogP) is 4.26. The topological polar surface area (TPSA) is 68.0 Å². The first-order valence-corrected chi connectivity index (χ1v) is 8.79. The molecule has 0 radical (unpaired) electrons. The van der Waals surface area contributed by atoms with E-state index in [-0.39, 0.29) is 11.9 Å². The van der Waals surface area contributed by atoms with Crippen molar-refractivity contribution in [3.05, 3.63) is 58.3 Å². The fourth-order valence-corrected chi connectivity index (χ4v) is 3.01. The van der Waals surface area contributed by atoms with Gasteiger partial charge in [-0.3, -0.25) is 4.79 Å². The van der Waals surface area contributed by atoms with E-state index in [1.807, 2.05) is 48.7 Å². The summed E-state index contributed by atoms with van der Waals surface area (Å²) in [4.78, 5) is 17.3. The van der Waals surface area contributed by atoms with Crippen LogP contribution in [0.1, 0.15) is 30.8 Å². The number of hydrogen-bond donors (Lipinski definition) is 1. The first-order valence-electron chi connectivity index (χ1n) is 7.53. The van der Waals surface area contributed by atoms with Crippen molar-refractivity contribution in [3.8, 4) is 10.7 Å². The molecule has 0 aliphatic rings. The van der Waals surface area contributed by atoms with E-state index in [4.69, 9.17) is 16.1 Å². The van der Waals surface area contributed by atoms with Crippen LogP contribution in [-0.4, -0.2) is 16.0 Å². The quantitative estimate of drug-likeness (QED) is 0.712. The molecule has 1 aromatic carbocycles. The van der Waals surface area contributed by atoms with Crippen molar-refractivity contribution in [1.29, 1.82) is 0 Å². The largest absolute Gasteiger partial charge is 0.350 e. The van der Waals surface area contributed by atoms with E-state index in [2.05, 4.69) is 15.5 Å². The number of nitrogens with one attached hydrogen (secondary N) is 1. The second-order valence-electron chi connectivity index (χ2n) is 5.33. The third-order valence-corrected chi connectivity index (χ3v) is 4.64. The van der Waals surface area contributed by atoms with Gasteiger partial charge in [0.1, 0.15) is 0 Å². The highest BCUT2D eigenvalue weighted by Gasteiger charge is 2.13. The van der Waals surface area contributed by atoms with Crippen LogP contribution in [0.25, 0.3) is 10.7 Å². The summed E-state index contributed by atoms with van der Waals surface area (Å²) in [5.74, 6) is 0.968. The third kappa shape index (κ3) is 4.21. The smallest absolute Gasteiger partial charge is 0.227 e. The van der Waals surface area contributed by atoms with Crippen molar-refractivity contribution in [3.63, 3.8) is 0 Å². The zero-order chi connectivity index (χ0) is 16.9. The summed E-state index contributed by atoms with van der Waals surface area (Å²) in [6, 6.07) is 11.2. The monoisotopic (exact) mass is 361 g/mol. The summed E-state index contributed by atoms with van der Waals surface area (Å²) in [5.41, 5.74) is 1.01. The molecule has 1 N–H and O–H groups in total. The molecule has 124 valence electrons. The summed E-state index contributed by atoms with van der Waals surface area (Å²) in [7, 11) is 0. The van der Waals surface area contributed by atoms with E-state index < -0.39 is 0 Å². The zero-order valence-corrected chi connectivity index (χ0v) is 14.6. The lowest BCUT2D eigenvalue weighted by Crippen LogP contribution is -2.26. The van der Waals surface area contributed by atoms with Gasteiger partial charge < -0.3 is 9.84 Å². The Bertz CT molecular complexity index is 800. The Balaban J connectivity index is 1.51. The van der Waals surface area contributed by atoms with Gasteiger partial charge in [0.2, 0.25) is 17.6 Å². The lowest BCUT2D eigenvalue weighted by molar-refractivity contribution is -0.121. The Morgan fingerprint density at radius 3 is 2.83 bits per heavy atom. The van der Waals surface area contributed by atoms with Crippen molar-refractivity contribution >= 4 is 28.8 Å².